The van der Waals surface area contributed by atoms with Crippen LogP contribution in [0.3, 0.4) is 0 Å². The van der Waals surface area contributed by atoms with E-state index in [-0.39, 0.29) is 5.91 Å². The minimum atomic E-state index is -0.482. The Bertz CT molecular complexity index is 1100. The number of pyridine rings is 1. The minimum Gasteiger partial charge on any atom is -0.408 e. The Balaban J connectivity index is 1.49. The molecule has 0 spiro atoms. The van der Waals surface area contributed by atoms with Gasteiger partial charge in [0.2, 0.25) is 0 Å². The monoisotopic (exact) mass is 352 g/mol. The molecule has 0 fully saturated rings. The van der Waals surface area contributed by atoms with E-state index in [0.717, 1.165) is 16.3 Å². The van der Waals surface area contributed by atoms with E-state index < -0.39 is 5.76 Å². The number of amides is 1. The van der Waals surface area contributed by atoms with Gasteiger partial charge in [-0.25, -0.2) is 9.78 Å². The number of thiazole rings is 1. The van der Waals surface area contributed by atoms with Gasteiger partial charge in [-0.15, -0.1) is 11.3 Å². The molecule has 0 bridgehead atoms. The van der Waals surface area contributed by atoms with Crippen LogP contribution in [0.25, 0.3) is 22.4 Å². The van der Waals surface area contributed by atoms with Crippen LogP contribution in [0.15, 0.2) is 57.3 Å². The molecule has 0 aliphatic rings. The average molecular weight is 352 g/mol. The molecule has 0 saturated heterocycles. The van der Waals surface area contributed by atoms with Gasteiger partial charge in [-0.05, 0) is 24.3 Å². The second-order valence-electron chi connectivity index (χ2n) is 5.28. The number of benzene rings is 1. The number of aromatic nitrogens is 3. The van der Waals surface area contributed by atoms with Gasteiger partial charge in [-0.1, -0.05) is 6.07 Å². The first-order valence-electron chi connectivity index (χ1n) is 7.45. The molecule has 3 heterocycles. The fourth-order valence-corrected chi connectivity index (χ4v) is 3.13. The number of hydrogen-bond donors (Lipinski definition) is 2. The topological polar surface area (TPSA) is 101 Å². The molecule has 0 radical (unpaired) electrons. The number of nitrogens with one attached hydrogen (secondary N) is 2. The van der Waals surface area contributed by atoms with Crippen LogP contribution in [0, 0.1) is 0 Å². The summed E-state index contributed by atoms with van der Waals surface area (Å²) in [6, 6.07) is 8.82. The number of oxazole rings is 1. The van der Waals surface area contributed by atoms with Crippen molar-refractivity contribution in [1.29, 1.82) is 0 Å². The smallest absolute Gasteiger partial charge is 0.408 e. The number of carbonyl (C=O) groups excluding carboxylic acids is 1. The van der Waals surface area contributed by atoms with Crippen molar-refractivity contribution >= 4 is 28.3 Å². The molecule has 0 unspecified atom stereocenters. The van der Waals surface area contributed by atoms with Crippen LogP contribution in [0.4, 0.5) is 0 Å². The largest absolute Gasteiger partial charge is 0.417 e. The number of rotatable bonds is 4. The summed E-state index contributed by atoms with van der Waals surface area (Å²) in [6.07, 6.45) is 3.13. The molecule has 2 N–H and O–H groups in total. The zero-order chi connectivity index (χ0) is 17.2. The zero-order valence-electron chi connectivity index (χ0n) is 12.9. The van der Waals surface area contributed by atoms with Gasteiger partial charge >= 0.3 is 5.76 Å². The first-order valence-corrected chi connectivity index (χ1v) is 8.33. The lowest BCUT2D eigenvalue weighted by atomic mass is 10.1. The molecule has 4 rings (SSSR count). The Morgan fingerprint density at radius 1 is 1.32 bits per heavy atom. The van der Waals surface area contributed by atoms with Gasteiger partial charge in [0.15, 0.2) is 5.58 Å². The van der Waals surface area contributed by atoms with Crippen LogP contribution in [0.1, 0.15) is 15.4 Å². The minimum absolute atomic E-state index is 0.194. The lowest BCUT2D eigenvalue weighted by Gasteiger charge is -2.02. The van der Waals surface area contributed by atoms with Gasteiger partial charge in [0.25, 0.3) is 5.91 Å². The number of fused-ring (bicyclic) bond motifs is 1. The van der Waals surface area contributed by atoms with Crippen molar-refractivity contribution in [1.82, 2.24) is 20.3 Å². The molecule has 3 aromatic heterocycles. The van der Waals surface area contributed by atoms with Gasteiger partial charge < -0.3 is 9.73 Å². The Kier molecular flexibility index (Phi) is 3.87. The van der Waals surface area contributed by atoms with Gasteiger partial charge in [0.1, 0.15) is 5.01 Å². The molecule has 1 amide bonds. The van der Waals surface area contributed by atoms with Crippen molar-refractivity contribution in [3.8, 4) is 11.3 Å². The first kappa shape index (κ1) is 15.3. The average Bonchev–Trinajstić information content (AvgIpc) is 3.25. The zero-order valence-corrected chi connectivity index (χ0v) is 13.7. The van der Waals surface area contributed by atoms with Crippen LogP contribution in [-0.2, 0) is 6.54 Å². The fraction of sp³-hybridized carbons (Fsp3) is 0.0588. The molecule has 0 saturated carbocycles. The molecule has 8 heteroatoms. The maximum absolute atomic E-state index is 12.0. The number of carbonyl (C=O) groups is 1. The molecule has 4 aromatic rings. The summed E-state index contributed by atoms with van der Waals surface area (Å²) < 4.78 is 5.07. The highest BCUT2D eigenvalue weighted by atomic mass is 32.1. The fourth-order valence-electron chi connectivity index (χ4n) is 2.38. The Hall–Kier alpha value is -3.26. The van der Waals surface area contributed by atoms with E-state index in [1.807, 2.05) is 11.4 Å². The molecule has 7 nitrogen and oxygen atoms in total. The van der Waals surface area contributed by atoms with Crippen molar-refractivity contribution < 1.29 is 9.21 Å². The molecule has 25 heavy (non-hydrogen) atoms. The highest BCUT2D eigenvalue weighted by Gasteiger charge is 2.10. The second-order valence-corrected chi connectivity index (χ2v) is 6.22. The normalized spacial score (nSPS) is 10.9. The molecule has 0 aliphatic heterocycles. The van der Waals surface area contributed by atoms with Crippen LogP contribution >= 0.6 is 11.3 Å². The predicted octanol–water partition coefficient (Wildman–Crippen LogP) is 2.57. The third-order valence-corrected chi connectivity index (χ3v) is 4.44. The van der Waals surface area contributed by atoms with Gasteiger partial charge in [0.05, 0.1) is 23.3 Å². The summed E-state index contributed by atoms with van der Waals surface area (Å²) in [5.74, 6) is -0.676. The summed E-state index contributed by atoms with van der Waals surface area (Å²) in [5, 5.41) is 5.50. The third kappa shape index (κ3) is 3.20. The summed E-state index contributed by atoms with van der Waals surface area (Å²) in [5.41, 5.74) is 3.25. The summed E-state index contributed by atoms with van der Waals surface area (Å²) in [6.45, 7) is 0.333. The predicted molar refractivity (Wildman–Crippen MR) is 93.3 cm³/mol. The van der Waals surface area contributed by atoms with Crippen molar-refractivity contribution in [2.45, 2.75) is 6.54 Å². The van der Waals surface area contributed by atoms with Gasteiger partial charge in [-0.2, -0.15) is 0 Å². The van der Waals surface area contributed by atoms with Crippen LogP contribution in [0.5, 0.6) is 0 Å². The van der Waals surface area contributed by atoms with Crippen LogP contribution in [0.2, 0.25) is 0 Å². The van der Waals surface area contributed by atoms with Crippen molar-refractivity contribution in [2.24, 2.45) is 0 Å². The van der Waals surface area contributed by atoms with E-state index in [1.54, 1.807) is 30.5 Å². The van der Waals surface area contributed by atoms with E-state index in [1.165, 1.54) is 17.5 Å². The molecule has 124 valence electrons. The molecule has 1 aromatic carbocycles. The van der Waals surface area contributed by atoms with Crippen molar-refractivity contribution in [2.75, 3.05) is 0 Å². The first-order chi connectivity index (χ1) is 12.2. The van der Waals surface area contributed by atoms with E-state index in [0.29, 0.717) is 23.2 Å². The molecular weight excluding hydrogens is 340 g/mol. The number of hydrogen-bond acceptors (Lipinski definition) is 6. The Labute approximate surface area is 145 Å². The quantitative estimate of drug-likeness (QED) is 0.588. The lowest BCUT2D eigenvalue weighted by molar-refractivity contribution is 0.0950. The highest BCUT2D eigenvalue weighted by molar-refractivity contribution is 7.09. The maximum atomic E-state index is 12.0. The number of H-pyrrole nitrogens is 1. The van der Waals surface area contributed by atoms with Gasteiger partial charge in [-0.3, -0.25) is 14.8 Å². The Morgan fingerprint density at radius 3 is 3.08 bits per heavy atom. The van der Waals surface area contributed by atoms with Crippen LogP contribution in [-0.4, -0.2) is 20.9 Å². The summed E-state index contributed by atoms with van der Waals surface area (Å²) in [7, 11) is 0. The van der Waals surface area contributed by atoms with E-state index in [4.69, 9.17) is 4.42 Å². The third-order valence-electron chi connectivity index (χ3n) is 3.59. The van der Waals surface area contributed by atoms with Crippen LogP contribution < -0.4 is 11.1 Å². The number of nitrogens with zero attached hydrogens (tertiary/aromatic N) is 2. The lowest BCUT2D eigenvalue weighted by Crippen LogP contribution is -2.22. The van der Waals surface area contributed by atoms with Crippen molar-refractivity contribution in [3.63, 3.8) is 0 Å². The number of aromatic amines is 1. The standard InChI is InChI=1S/C17H12N4O3S/c22-16(11-2-1-5-18-7-11)19-8-15-20-13(9-25-15)10-3-4-12-14(6-10)24-17(23)21-12/h1-7,9H,8H2,(H,19,22)(H,21,23). The molecule has 0 atom stereocenters. The Morgan fingerprint density at radius 2 is 2.24 bits per heavy atom. The highest BCUT2D eigenvalue weighted by Crippen LogP contribution is 2.24. The second kappa shape index (κ2) is 6.33. The van der Waals surface area contributed by atoms with E-state index >= 15 is 0 Å². The summed E-state index contributed by atoms with van der Waals surface area (Å²) in [4.78, 5) is 34.3. The van der Waals surface area contributed by atoms with Gasteiger partial charge in [0, 0.05) is 23.3 Å². The summed E-state index contributed by atoms with van der Waals surface area (Å²) >= 11 is 1.45. The van der Waals surface area contributed by atoms with E-state index in [2.05, 4.69) is 20.3 Å². The SMILES string of the molecule is O=C(NCc1nc(-c2ccc3[nH]c(=O)oc3c2)cs1)c1cccnc1. The molecule has 0 aliphatic carbocycles. The van der Waals surface area contributed by atoms with Crippen molar-refractivity contribution in [3.05, 3.63) is 69.2 Å². The molecular formula is C17H12N4O3S. The maximum Gasteiger partial charge on any atom is 0.417 e. The van der Waals surface area contributed by atoms with E-state index in [9.17, 15) is 9.59 Å².